The summed E-state index contributed by atoms with van der Waals surface area (Å²) in [5.41, 5.74) is 5.11. The number of alkyl halides is 2. The van der Waals surface area contributed by atoms with Gasteiger partial charge in [0, 0.05) is 18.3 Å². The monoisotopic (exact) mass is 379 g/mol. The number of benzene rings is 1. The average molecular weight is 379 g/mol. The fourth-order valence-electron chi connectivity index (χ4n) is 4.98. The molecule has 1 N–H and O–H groups in total. The molecule has 146 valence electrons. The first-order valence-electron chi connectivity index (χ1n) is 9.04. The van der Waals surface area contributed by atoms with Crippen LogP contribution in [0.15, 0.2) is 35.4 Å². The lowest BCUT2D eigenvalue weighted by atomic mass is 9.65. The zero-order valence-electron chi connectivity index (χ0n) is 15.2. The maximum absolute atomic E-state index is 13.9. The van der Waals surface area contributed by atoms with Gasteiger partial charge in [-0.25, -0.2) is 8.78 Å². The summed E-state index contributed by atoms with van der Waals surface area (Å²) in [5, 5.41) is 15.8. The van der Waals surface area contributed by atoms with E-state index in [-0.39, 0.29) is 44.8 Å². The van der Waals surface area contributed by atoms with Gasteiger partial charge in [0.15, 0.2) is 5.54 Å². The predicted molar refractivity (Wildman–Crippen MR) is 89.6 cm³/mol. The summed E-state index contributed by atoms with van der Waals surface area (Å²) in [6.45, 7) is 1.98. The van der Waals surface area contributed by atoms with Crippen molar-refractivity contribution in [2.45, 2.75) is 50.7 Å². The van der Waals surface area contributed by atoms with Gasteiger partial charge in [0.05, 0.1) is 19.2 Å². The van der Waals surface area contributed by atoms with E-state index in [1.807, 2.05) is 30.3 Å². The van der Waals surface area contributed by atoms with Crippen LogP contribution >= 0.6 is 0 Å². The highest BCUT2D eigenvalue weighted by atomic mass is 19.3. The van der Waals surface area contributed by atoms with Crippen LogP contribution in [0.3, 0.4) is 0 Å². The summed E-state index contributed by atoms with van der Waals surface area (Å²) in [7, 11) is 0. The number of ether oxygens (including phenoxy) is 1. The number of aliphatic carboxylic acids is 1. The van der Waals surface area contributed by atoms with Crippen LogP contribution in [0.25, 0.3) is 0 Å². The van der Waals surface area contributed by atoms with Gasteiger partial charge in [0.25, 0.3) is 0 Å². The van der Waals surface area contributed by atoms with Gasteiger partial charge in [0.2, 0.25) is 10.8 Å². The van der Waals surface area contributed by atoms with Crippen molar-refractivity contribution in [1.29, 1.82) is 5.53 Å². The highest BCUT2D eigenvalue weighted by Crippen LogP contribution is 2.61. The summed E-state index contributed by atoms with van der Waals surface area (Å²) in [5.74, 6) is -5.13. The Hall–Kier alpha value is -2.18. The molecule has 2 aliphatic carbocycles. The van der Waals surface area contributed by atoms with E-state index in [1.54, 1.807) is 6.92 Å². The molecule has 3 rings (SSSR count). The number of nitrogens with zero attached hydrogens (tertiary/aromatic N) is 2. The minimum absolute atomic E-state index is 0.0155. The maximum Gasteiger partial charge on any atom is 0.248 e. The van der Waals surface area contributed by atoms with Gasteiger partial charge in [0.1, 0.15) is 10.6 Å². The molecule has 0 radical (unpaired) electrons. The van der Waals surface area contributed by atoms with Crippen LogP contribution in [0.2, 0.25) is 0 Å². The molecular formula is C19H23F2N3O3. The van der Waals surface area contributed by atoms with E-state index in [9.17, 15) is 18.7 Å². The second kappa shape index (κ2) is 7.09. The molecule has 1 aromatic carbocycles. The first-order chi connectivity index (χ1) is 12.7. The number of hydrogen-bond acceptors (Lipinski definition) is 5. The van der Waals surface area contributed by atoms with Crippen molar-refractivity contribution < 1.29 is 23.4 Å². The zero-order valence-corrected chi connectivity index (χ0v) is 15.2. The van der Waals surface area contributed by atoms with E-state index in [1.165, 1.54) is 0 Å². The summed E-state index contributed by atoms with van der Waals surface area (Å²) >= 11 is 0. The molecule has 8 heteroatoms. The molecule has 1 unspecified atom stereocenters. The van der Waals surface area contributed by atoms with Crippen LogP contribution in [-0.4, -0.2) is 24.0 Å². The van der Waals surface area contributed by atoms with Crippen molar-refractivity contribution in [3.05, 3.63) is 35.9 Å². The molecular weight excluding hydrogens is 356 g/mol. The van der Waals surface area contributed by atoms with Gasteiger partial charge in [-0.1, -0.05) is 37.3 Å². The third-order valence-corrected chi connectivity index (χ3v) is 6.34. The molecule has 2 fully saturated rings. The minimum atomic E-state index is -2.81. The molecule has 0 aromatic heterocycles. The van der Waals surface area contributed by atoms with Gasteiger partial charge in [-0.2, -0.15) is 0 Å². The van der Waals surface area contributed by atoms with E-state index in [2.05, 4.69) is 10.0 Å². The summed E-state index contributed by atoms with van der Waals surface area (Å²) in [6.07, 6.45) is -0.591. The van der Waals surface area contributed by atoms with Crippen LogP contribution in [0.1, 0.15) is 38.2 Å². The van der Waals surface area contributed by atoms with E-state index in [4.69, 9.17) is 10.3 Å². The number of carbonyl (C=O) groups is 1. The number of carboxylic acid groups (broad SMARTS) is 1. The first-order valence-corrected chi connectivity index (χ1v) is 9.04. The van der Waals surface area contributed by atoms with Crippen LogP contribution in [0, 0.1) is 22.8 Å². The lowest BCUT2D eigenvalue weighted by molar-refractivity contribution is -0.317. The van der Waals surface area contributed by atoms with Crippen molar-refractivity contribution in [3.8, 4) is 0 Å². The third kappa shape index (κ3) is 3.39. The Morgan fingerprint density at radius 2 is 2.07 bits per heavy atom. The van der Waals surface area contributed by atoms with Gasteiger partial charge < -0.3 is 14.6 Å². The Morgan fingerprint density at radius 3 is 2.70 bits per heavy atom. The average Bonchev–Trinajstić information content (AvgIpc) is 2.84. The highest BCUT2D eigenvalue weighted by molar-refractivity contribution is 5.79. The summed E-state index contributed by atoms with van der Waals surface area (Å²) in [4.78, 5) is 15.1. The van der Waals surface area contributed by atoms with Crippen LogP contribution in [0.5, 0.6) is 0 Å². The van der Waals surface area contributed by atoms with Crippen LogP contribution in [0.4, 0.5) is 8.78 Å². The number of nitrogens with one attached hydrogen (secondary N) is 1. The van der Waals surface area contributed by atoms with Crippen LogP contribution in [-0.2, 0) is 16.1 Å². The molecule has 27 heavy (non-hydrogen) atoms. The number of carboxylic acids is 1. The SMILES string of the molecule is C[C@]1(COCc2ccccc2)[C@@H]2CCC(F)(F)C[C@H]2CC1(N=[N+]=N)C(=O)[O-]. The van der Waals surface area contributed by atoms with Gasteiger partial charge in [-0.3, -0.25) is 0 Å². The van der Waals surface area contributed by atoms with Crippen molar-refractivity contribution in [1.82, 2.24) is 4.91 Å². The van der Waals surface area contributed by atoms with Crippen molar-refractivity contribution >= 4 is 5.97 Å². The molecule has 0 amide bonds. The number of halogens is 2. The fourth-order valence-corrected chi connectivity index (χ4v) is 4.98. The van der Waals surface area contributed by atoms with Crippen LogP contribution < -0.4 is 10.0 Å². The van der Waals surface area contributed by atoms with Crippen molar-refractivity contribution in [3.63, 3.8) is 0 Å². The van der Waals surface area contributed by atoms with Gasteiger partial charge in [-0.15, -0.1) is 0 Å². The fraction of sp³-hybridized carbons (Fsp3) is 0.632. The molecule has 6 nitrogen and oxygen atoms in total. The lowest BCUT2D eigenvalue weighted by Crippen LogP contribution is -2.58. The summed E-state index contributed by atoms with van der Waals surface area (Å²) in [6, 6.07) is 9.39. The second-order valence-corrected chi connectivity index (χ2v) is 7.91. The molecule has 2 saturated carbocycles. The second-order valence-electron chi connectivity index (χ2n) is 7.91. The normalized spacial score (nSPS) is 34.5. The van der Waals surface area contributed by atoms with Crippen molar-refractivity contribution in [2.24, 2.45) is 22.4 Å². The number of hydrogen-bond donors (Lipinski definition) is 1. The molecule has 4 atom stereocenters. The third-order valence-electron chi connectivity index (χ3n) is 6.34. The zero-order chi connectivity index (χ0) is 19.7. The molecule has 0 aliphatic heterocycles. The Bertz CT molecular complexity index is 750. The molecule has 0 bridgehead atoms. The van der Waals surface area contributed by atoms with Crippen molar-refractivity contribution in [2.75, 3.05) is 6.61 Å². The number of rotatable bonds is 6. The predicted octanol–water partition coefficient (Wildman–Crippen LogP) is 2.70. The highest BCUT2D eigenvalue weighted by Gasteiger charge is 2.68. The largest absolute Gasteiger partial charge is 0.547 e. The lowest BCUT2D eigenvalue weighted by Gasteiger charge is -2.42. The quantitative estimate of drug-likeness (QED) is 0.607. The summed E-state index contributed by atoms with van der Waals surface area (Å²) < 4.78 is 33.7. The Morgan fingerprint density at radius 1 is 1.37 bits per heavy atom. The Balaban J connectivity index is 1.89. The number of fused-ring (bicyclic) bond motifs is 1. The maximum atomic E-state index is 13.9. The molecule has 1 aromatic rings. The standard InChI is InChI=1S/C19H23F2N3O3/c1-17(12-27-11-13-5-3-2-4-6-13)15-7-8-18(20,21)9-14(15)10-19(17,16(25)26)23-24-22/h2-6,14-15,22H,7-12H2,1H3/t14-,15+,17-,19?/m0/s1. The van der Waals surface area contributed by atoms with Gasteiger partial charge in [-0.05, 0) is 30.2 Å². The molecule has 2 aliphatic rings. The smallest absolute Gasteiger partial charge is 0.248 e. The molecule has 0 spiro atoms. The van der Waals surface area contributed by atoms with Gasteiger partial charge >= 0.3 is 0 Å². The first kappa shape index (κ1) is 19.6. The topological polar surface area (TPSA) is 99.7 Å². The van der Waals surface area contributed by atoms with E-state index in [0.29, 0.717) is 0 Å². The Kier molecular flexibility index (Phi) is 5.14. The van der Waals surface area contributed by atoms with E-state index >= 15 is 0 Å². The molecule has 0 heterocycles. The number of carbonyl (C=O) groups excluding carboxylic acids is 1. The Labute approximate surface area is 156 Å². The van der Waals surface area contributed by atoms with E-state index < -0.39 is 28.8 Å². The van der Waals surface area contributed by atoms with E-state index in [0.717, 1.165) is 5.56 Å². The molecule has 0 saturated heterocycles. The minimum Gasteiger partial charge on any atom is -0.547 e.